The SMILES string of the molecule is C=CCNC(=O)C(=O)N1CCN(CCN)CC1. The van der Waals surface area contributed by atoms with Crippen LogP contribution in [0.4, 0.5) is 0 Å². The van der Waals surface area contributed by atoms with Gasteiger partial charge in [-0.2, -0.15) is 0 Å². The van der Waals surface area contributed by atoms with Crippen LogP contribution >= 0.6 is 0 Å². The van der Waals surface area contributed by atoms with Crippen molar-refractivity contribution < 1.29 is 9.59 Å². The fourth-order valence-corrected chi connectivity index (χ4v) is 1.74. The quantitative estimate of drug-likeness (QED) is 0.458. The topological polar surface area (TPSA) is 78.7 Å². The molecule has 3 N–H and O–H groups in total. The number of carbonyl (C=O) groups is 2. The zero-order valence-corrected chi connectivity index (χ0v) is 10.0. The lowest BCUT2D eigenvalue weighted by Crippen LogP contribution is -2.53. The summed E-state index contributed by atoms with van der Waals surface area (Å²) in [5.74, 6) is -1.02. The summed E-state index contributed by atoms with van der Waals surface area (Å²) in [5.41, 5.74) is 5.46. The molecule has 96 valence electrons. The molecular formula is C11H20N4O2. The summed E-state index contributed by atoms with van der Waals surface area (Å²) >= 11 is 0. The van der Waals surface area contributed by atoms with Gasteiger partial charge >= 0.3 is 11.8 Å². The highest BCUT2D eigenvalue weighted by molar-refractivity contribution is 6.35. The van der Waals surface area contributed by atoms with Crippen molar-refractivity contribution >= 4 is 11.8 Å². The Morgan fingerprint density at radius 3 is 2.47 bits per heavy atom. The van der Waals surface area contributed by atoms with Gasteiger partial charge in [0.2, 0.25) is 0 Å². The van der Waals surface area contributed by atoms with Gasteiger partial charge in [0.25, 0.3) is 0 Å². The van der Waals surface area contributed by atoms with E-state index in [4.69, 9.17) is 5.73 Å². The molecule has 0 atom stereocenters. The van der Waals surface area contributed by atoms with E-state index < -0.39 is 11.8 Å². The molecule has 1 rings (SSSR count). The number of nitrogens with two attached hydrogens (primary N) is 1. The molecule has 0 aromatic heterocycles. The Morgan fingerprint density at radius 1 is 1.29 bits per heavy atom. The van der Waals surface area contributed by atoms with Gasteiger partial charge in [-0.15, -0.1) is 6.58 Å². The first-order chi connectivity index (χ1) is 8.19. The fraction of sp³-hybridized carbons (Fsp3) is 0.636. The molecular weight excluding hydrogens is 220 g/mol. The minimum absolute atomic E-state index is 0.317. The molecule has 0 aliphatic carbocycles. The second kappa shape index (κ2) is 7.03. The monoisotopic (exact) mass is 240 g/mol. The summed E-state index contributed by atoms with van der Waals surface area (Å²) < 4.78 is 0. The van der Waals surface area contributed by atoms with E-state index in [-0.39, 0.29) is 0 Å². The Bertz CT molecular complexity index is 285. The molecule has 0 unspecified atom stereocenters. The number of nitrogens with one attached hydrogen (secondary N) is 1. The second-order valence-corrected chi connectivity index (χ2v) is 3.92. The van der Waals surface area contributed by atoms with Crippen LogP contribution in [0.25, 0.3) is 0 Å². The van der Waals surface area contributed by atoms with Crippen LogP contribution < -0.4 is 11.1 Å². The van der Waals surface area contributed by atoms with Crippen LogP contribution in [0.1, 0.15) is 0 Å². The molecule has 0 radical (unpaired) electrons. The Hall–Kier alpha value is -1.40. The third-order valence-corrected chi connectivity index (χ3v) is 2.71. The number of rotatable bonds is 4. The lowest BCUT2D eigenvalue weighted by atomic mass is 10.3. The van der Waals surface area contributed by atoms with Gasteiger partial charge in [-0.25, -0.2) is 0 Å². The molecule has 1 heterocycles. The normalized spacial score (nSPS) is 16.6. The van der Waals surface area contributed by atoms with Crippen LogP contribution in [0.15, 0.2) is 12.7 Å². The summed E-state index contributed by atoms with van der Waals surface area (Å²) in [5, 5.41) is 2.48. The van der Waals surface area contributed by atoms with E-state index in [9.17, 15) is 9.59 Å². The number of hydrogen-bond donors (Lipinski definition) is 2. The van der Waals surface area contributed by atoms with Gasteiger partial charge in [0.1, 0.15) is 0 Å². The third kappa shape index (κ3) is 4.16. The van der Waals surface area contributed by atoms with Crippen molar-refractivity contribution in [2.75, 3.05) is 45.8 Å². The lowest BCUT2D eigenvalue weighted by Gasteiger charge is -2.33. The summed E-state index contributed by atoms with van der Waals surface area (Å²) in [7, 11) is 0. The number of amides is 2. The maximum Gasteiger partial charge on any atom is 0.311 e. The molecule has 0 aromatic rings. The van der Waals surface area contributed by atoms with Crippen LogP contribution in [0.5, 0.6) is 0 Å². The first kappa shape index (κ1) is 13.7. The number of carbonyl (C=O) groups excluding carboxylic acids is 2. The van der Waals surface area contributed by atoms with Gasteiger partial charge in [-0.3, -0.25) is 14.5 Å². The number of piperazine rings is 1. The molecule has 0 spiro atoms. The minimum atomic E-state index is -0.558. The predicted molar refractivity (Wildman–Crippen MR) is 65.3 cm³/mol. The lowest BCUT2D eigenvalue weighted by molar-refractivity contribution is -0.146. The molecule has 1 fully saturated rings. The Balaban J connectivity index is 2.35. The van der Waals surface area contributed by atoms with Crippen LogP contribution in [-0.2, 0) is 9.59 Å². The first-order valence-electron chi connectivity index (χ1n) is 5.79. The zero-order chi connectivity index (χ0) is 12.7. The first-order valence-corrected chi connectivity index (χ1v) is 5.79. The van der Waals surface area contributed by atoms with E-state index in [0.29, 0.717) is 26.2 Å². The van der Waals surface area contributed by atoms with Crippen molar-refractivity contribution in [2.24, 2.45) is 5.73 Å². The highest BCUT2D eigenvalue weighted by Gasteiger charge is 2.25. The summed E-state index contributed by atoms with van der Waals surface area (Å²) in [4.78, 5) is 26.9. The van der Waals surface area contributed by atoms with E-state index in [0.717, 1.165) is 19.6 Å². The average molecular weight is 240 g/mol. The van der Waals surface area contributed by atoms with Crippen molar-refractivity contribution in [1.29, 1.82) is 0 Å². The van der Waals surface area contributed by atoms with Crippen LogP contribution in [0.3, 0.4) is 0 Å². The van der Waals surface area contributed by atoms with Crippen molar-refractivity contribution in [3.05, 3.63) is 12.7 Å². The summed E-state index contributed by atoms with van der Waals surface area (Å²) in [6.45, 7) is 7.97. The van der Waals surface area contributed by atoms with E-state index in [2.05, 4.69) is 16.8 Å². The smallest absolute Gasteiger partial charge is 0.311 e. The number of hydrogen-bond acceptors (Lipinski definition) is 4. The van der Waals surface area contributed by atoms with E-state index in [1.807, 2.05) is 0 Å². The molecule has 0 bridgehead atoms. The second-order valence-electron chi connectivity index (χ2n) is 3.92. The Labute approximate surface area is 101 Å². The van der Waals surface area contributed by atoms with Gasteiger partial charge in [0.05, 0.1) is 0 Å². The van der Waals surface area contributed by atoms with Crippen LogP contribution in [0, 0.1) is 0 Å². The van der Waals surface area contributed by atoms with Crippen molar-refractivity contribution in [3.8, 4) is 0 Å². The van der Waals surface area contributed by atoms with E-state index in [1.165, 1.54) is 0 Å². The van der Waals surface area contributed by atoms with E-state index >= 15 is 0 Å². The number of nitrogens with zero attached hydrogens (tertiary/aromatic N) is 2. The molecule has 1 saturated heterocycles. The van der Waals surface area contributed by atoms with Gasteiger partial charge in [-0.05, 0) is 0 Å². The van der Waals surface area contributed by atoms with Crippen molar-refractivity contribution in [1.82, 2.24) is 15.1 Å². The van der Waals surface area contributed by atoms with Gasteiger partial charge < -0.3 is 16.0 Å². The van der Waals surface area contributed by atoms with Gasteiger partial charge in [-0.1, -0.05) is 6.08 Å². The minimum Gasteiger partial charge on any atom is -0.344 e. The van der Waals surface area contributed by atoms with Crippen LogP contribution in [-0.4, -0.2) is 67.4 Å². The molecule has 1 aliphatic rings. The molecule has 0 aromatic carbocycles. The van der Waals surface area contributed by atoms with E-state index in [1.54, 1.807) is 11.0 Å². The van der Waals surface area contributed by atoms with Crippen molar-refractivity contribution in [3.63, 3.8) is 0 Å². The molecule has 1 aliphatic heterocycles. The summed E-state index contributed by atoms with van der Waals surface area (Å²) in [6, 6.07) is 0. The zero-order valence-electron chi connectivity index (χ0n) is 10.0. The standard InChI is InChI=1S/C11H20N4O2/c1-2-4-13-10(16)11(17)15-8-6-14(5-3-12)7-9-15/h2H,1,3-9,12H2,(H,13,16). The third-order valence-electron chi connectivity index (χ3n) is 2.71. The highest BCUT2D eigenvalue weighted by atomic mass is 16.2. The molecule has 2 amide bonds. The summed E-state index contributed by atoms with van der Waals surface area (Å²) in [6.07, 6.45) is 1.55. The van der Waals surface area contributed by atoms with Gasteiger partial charge in [0.15, 0.2) is 0 Å². The maximum atomic E-state index is 11.7. The molecule has 17 heavy (non-hydrogen) atoms. The Morgan fingerprint density at radius 2 is 1.94 bits per heavy atom. The van der Waals surface area contributed by atoms with Crippen LogP contribution in [0.2, 0.25) is 0 Å². The fourth-order valence-electron chi connectivity index (χ4n) is 1.74. The molecule has 6 nitrogen and oxygen atoms in total. The largest absolute Gasteiger partial charge is 0.344 e. The Kier molecular flexibility index (Phi) is 5.65. The molecule has 6 heteroatoms. The highest BCUT2D eigenvalue weighted by Crippen LogP contribution is 2.01. The van der Waals surface area contributed by atoms with Gasteiger partial charge in [0, 0.05) is 45.8 Å². The molecule has 0 saturated carbocycles. The van der Waals surface area contributed by atoms with Crippen molar-refractivity contribution in [2.45, 2.75) is 0 Å². The predicted octanol–water partition coefficient (Wildman–Crippen LogP) is -1.61. The maximum absolute atomic E-state index is 11.7. The average Bonchev–Trinajstić information content (AvgIpc) is 2.36.